The van der Waals surface area contributed by atoms with Crippen molar-refractivity contribution in [2.75, 3.05) is 14.1 Å². The molecule has 0 aliphatic carbocycles. The predicted molar refractivity (Wildman–Crippen MR) is 51.1 cm³/mol. The molecule has 0 fully saturated rings. The van der Waals surface area contributed by atoms with Gasteiger partial charge in [-0.1, -0.05) is 20.8 Å². The average molecular weight is 172 g/mol. The Balaban J connectivity index is 3.94. The van der Waals surface area contributed by atoms with E-state index in [0.717, 1.165) is 6.42 Å². The molecular formula is C9H20N2O. The molecule has 12 heavy (non-hydrogen) atoms. The molecule has 0 aromatic carbocycles. The van der Waals surface area contributed by atoms with E-state index >= 15 is 0 Å². The molecule has 0 saturated heterocycles. The second-order valence-electron chi connectivity index (χ2n) is 3.60. The van der Waals surface area contributed by atoms with Crippen molar-refractivity contribution in [3.63, 3.8) is 0 Å². The van der Waals surface area contributed by atoms with Gasteiger partial charge in [-0.15, -0.1) is 0 Å². The lowest BCUT2D eigenvalue weighted by molar-refractivity contribution is 0.208. The van der Waals surface area contributed by atoms with Gasteiger partial charge in [0.25, 0.3) is 0 Å². The summed E-state index contributed by atoms with van der Waals surface area (Å²) < 4.78 is 0. The van der Waals surface area contributed by atoms with Crippen LogP contribution in [0, 0.1) is 5.92 Å². The Bertz CT molecular complexity index is 143. The van der Waals surface area contributed by atoms with E-state index in [-0.39, 0.29) is 6.03 Å². The molecule has 72 valence electrons. The molecule has 1 N–H and O–H groups in total. The fourth-order valence-corrected chi connectivity index (χ4v) is 1.03. The smallest absolute Gasteiger partial charge is 0.317 e. The minimum atomic E-state index is -0.00412. The maximum Gasteiger partial charge on any atom is 0.317 e. The molecule has 0 bridgehead atoms. The van der Waals surface area contributed by atoms with Crippen molar-refractivity contribution >= 4 is 6.03 Å². The fraction of sp³-hybridized carbons (Fsp3) is 0.889. The molecule has 0 rings (SSSR count). The van der Waals surface area contributed by atoms with Gasteiger partial charge in [0.2, 0.25) is 0 Å². The maximum absolute atomic E-state index is 11.2. The lowest BCUT2D eigenvalue weighted by atomic mass is 10.0. The summed E-state index contributed by atoms with van der Waals surface area (Å²) in [6.07, 6.45) is 0.983. The first kappa shape index (κ1) is 11.3. The minimum Gasteiger partial charge on any atom is -0.335 e. The van der Waals surface area contributed by atoms with Crippen LogP contribution in [-0.2, 0) is 0 Å². The molecule has 1 atom stereocenters. The first-order chi connectivity index (χ1) is 5.49. The first-order valence-corrected chi connectivity index (χ1v) is 4.46. The molecule has 1 unspecified atom stereocenters. The third kappa shape index (κ3) is 3.60. The average Bonchev–Trinajstić information content (AvgIpc) is 1.98. The number of nitrogens with one attached hydrogen (secondary N) is 1. The summed E-state index contributed by atoms with van der Waals surface area (Å²) in [5, 5.41) is 2.95. The van der Waals surface area contributed by atoms with Crippen molar-refractivity contribution in [2.24, 2.45) is 5.92 Å². The van der Waals surface area contributed by atoms with Gasteiger partial charge in [0.1, 0.15) is 0 Å². The molecule has 0 aromatic heterocycles. The van der Waals surface area contributed by atoms with Crippen molar-refractivity contribution in [3.05, 3.63) is 0 Å². The largest absolute Gasteiger partial charge is 0.335 e. The van der Waals surface area contributed by atoms with Gasteiger partial charge >= 0.3 is 6.03 Å². The van der Waals surface area contributed by atoms with Crippen LogP contribution in [0.5, 0.6) is 0 Å². The second kappa shape index (κ2) is 5.01. The van der Waals surface area contributed by atoms with Crippen molar-refractivity contribution in [1.82, 2.24) is 10.2 Å². The SMILES string of the molecule is CCC(NC(=O)N(C)C)C(C)C. The van der Waals surface area contributed by atoms with E-state index in [0.29, 0.717) is 12.0 Å². The molecule has 0 heterocycles. The molecule has 0 spiro atoms. The van der Waals surface area contributed by atoms with Gasteiger partial charge in [0.05, 0.1) is 0 Å². The van der Waals surface area contributed by atoms with Crippen molar-refractivity contribution in [2.45, 2.75) is 33.2 Å². The van der Waals surface area contributed by atoms with Gasteiger partial charge in [-0.05, 0) is 12.3 Å². The Morgan fingerprint density at radius 2 is 1.92 bits per heavy atom. The van der Waals surface area contributed by atoms with Gasteiger partial charge in [-0.25, -0.2) is 4.79 Å². The topological polar surface area (TPSA) is 32.3 Å². The summed E-state index contributed by atoms with van der Waals surface area (Å²) in [6.45, 7) is 6.31. The van der Waals surface area contributed by atoms with E-state index in [2.05, 4.69) is 26.1 Å². The number of nitrogens with zero attached hydrogens (tertiary/aromatic N) is 1. The molecule has 0 aliphatic rings. The molecular weight excluding hydrogens is 152 g/mol. The van der Waals surface area contributed by atoms with E-state index in [1.165, 1.54) is 0 Å². The Morgan fingerprint density at radius 3 is 2.17 bits per heavy atom. The standard InChI is InChI=1S/C9H20N2O/c1-6-8(7(2)3)10-9(12)11(4)5/h7-8H,6H2,1-5H3,(H,10,12). The summed E-state index contributed by atoms with van der Waals surface area (Å²) in [5.41, 5.74) is 0. The lowest BCUT2D eigenvalue weighted by Gasteiger charge is -2.22. The summed E-state index contributed by atoms with van der Waals surface area (Å²) >= 11 is 0. The zero-order valence-corrected chi connectivity index (χ0v) is 8.72. The van der Waals surface area contributed by atoms with Crippen LogP contribution < -0.4 is 5.32 Å². The van der Waals surface area contributed by atoms with E-state index in [1.807, 2.05) is 0 Å². The second-order valence-corrected chi connectivity index (χ2v) is 3.60. The summed E-state index contributed by atoms with van der Waals surface area (Å²) in [4.78, 5) is 12.8. The highest BCUT2D eigenvalue weighted by Crippen LogP contribution is 2.05. The monoisotopic (exact) mass is 172 g/mol. The molecule has 0 saturated carbocycles. The normalized spacial score (nSPS) is 12.8. The Labute approximate surface area is 75.1 Å². The molecule has 3 nitrogen and oxygen atoms in total. The number of hydrogen-bond acceptors (Lipinski definition) is 1. The van der Waals surface area contributed by atoms with E-state index in [9.17, 15) is 4.79 Å². The third-order valence-electron chi connectivity index (χ3n) is 1.96. The number of rotatable bonds is 3. The molecule has 3 heteroatoms. The Kier molecular flexibility index (Phi) is 4.71. The summed E-state index contributed by atoms with van der Waals surface area (Å²) in [7, 11) is 3.50. The van der Waals surface area contributed by atoms with Crippen molar-refractivity contribution in [1.29, 1.82) is 0 Å². The quantitative estimate of drug-likeness (QED) is 0.690. The zero-order valence-electron chi connectivity index (χ0n) is 8.72. The zero-order chi connectivity index (χ0) is 9.72. The van der Waals surface area contributed by atoms with E-state index in [4.69, 9.17) is 0 Å². The van der Waals surface area contributed by atoms with Gasteiger partial charge < -0.3 is 10.2 Å². The van der Waals surface area contributed by atoms with Crippen LogP contribution in [0.4, 0.5) is 4.79 Å². The Morgan fingerprint density at radius 1 is 1.42 bits per heavy atom. The van der Waals surface area contributed by atoms with E-state index in [1.54, 1.807) is 19.0 Å². The minimum absolute atomic E-state index is 0.00412. The van der Waals surface area contributed by atoms with Crippen molar-refractivity contribution in [3.8, 4) is 0 Å². The van der Waals surface area contributed by atoms with Gasteiger partial charge in [0.15, 0.2) is 0 Å². The fourth-order valence-electron chi connectivity index (χ4n) is 1.03. The van der Waals surface area contributed by atoms with Crippen LogP contribution in [0.2, 0.25) is 0 Å². The van der Waals surface area contributed by atoms with Gasteiger partial charge in [-0.2, -0.15) is 0 Å². The van der Waals surface area contributed by atoms with Crippen LogP contribution in [0.15, 0.2) is 0 Å². The molecule has 0 radical (unpaired) electrons. The molecule has 0 aliphatic heterocycles. The number of urea groups is 1. The van der Waals surface area contributed by atoms with Crippen LogP contribution in [0.25, 0.3) is 0 Å². The number of carbonyl (C=O) groups excluding carboxylic acids is 1. The van der Waals surface area contributed by atoms with Crippen LogP contribution in [0.1, 0.15) is 27.2 Å². The highest BCUT2D eigenvalue weighted by molar-refractivity contribution is 5.73. The number of amides is 2. The van der Waals surface area contributed by atoms with Gasteiger partial charge in [0, 0.05) is 20.1 Å². The van der Waals surface area contributed by atoms with E-state index < -0.39 is 0 Å². The van der Waals surface area contributed by atoms with Crippen LogP contribution in [-0.4, -0.2) is 31.1 Å². The maximum atomic E-state index is 11.2. The van der Waals surface area contributed by atoms with Crippen LogP contribution in [0.3, 0.4) is 0 Å². The Hall–Kier alpha value is -0.730. The summed E-state index contributed by atoms with van der Waals surface area (Å²) in [5.74, 6) is 0.499. The number of hydrogen-bond donors (Lipinski definition) is 1. The highest BCUT2D eigenvalue weighted by Gasteiger charge is 2.14. The highest BCUT2D eigenvalue weighted by atomic mass is 16.2. The van der Waals surface area contributed by atoms with Crippen LogP contribution >= 0.6 is 0 Å². The first-order valence-electron chi connectivity index (χ1n) is 4.46. The molecule has 2 amide bonds. The lowest BCUT2D eigenvalue weighted by Crippen LogP contribution is -2.43. The molecule has 0 aromatic rings. The summed E-state index contributed by atoms with van der Waals surface area (Å²) in [6, 6.07) is 0.287. The van der Waals surface area contributed by atoms with Crippen molar-refractivity contribution < 1.29 is 4.79 Å². The third-order valence-corrected chi connectivity index (χ3v) is 1.96. The van der Waals surface area contributed by atoms with Gasteiger partial charge in [-0.3, -0.25) is 0 Å². The number of carbonyl (C=O) groups is 1. The predicted octanol–water partition coefficient (Wildman–Crippen LogP) is 1.69.